The molecule has 0 saturated carbocycles. The first-order valence-corrected chi connectivity index (χ1v) is 6.91. The zero-order valence-electron chi connectivity index (χ0n) is 12.6. The molecule has 1 atom stereocenters. The second-order valence-corrected chi connectivity index (χ2v) is 6.00. The van der Waals surface area contributed by atoms with Crippen LogP contribution in [0.25, 0.3) is 0 Å². The van der Waals surface area contributed by atoms with Gasteiger partial charge in [0.25, 0.3) is 0 Å². The molecule has 1 saturated heterocycles. The Morgan fingerprint density at radius 1 is 1.50 bits per heavy atom. The number of hydrogen-bond donors (Lipinski definition) is 0. The second kappa shape index (κ2) is 5.82. The van der Waals surface area contributed by atoms with E-state index in [-0.39, 0.29) is 11.7 Å². The zero-order chi connectivity index (χ0) is 14.8. The van der Waals surface area contributed by atoms with Crippen molar-refractivity contribution in [2.75, 3.05) is 20.2 Å². The van der Waals surface area contributed by atoms with Crippen molar-refractivity contribution in [3.05, 3.63) is 29.3 Å². The highest BCUT2D eigenvalue weighted by atomic mass is 16.5. The fourth-order valence-corrected chi connectivity index (χ4v) is 2.92. The maximum absolute atomic E-state index is 9.03. The molecule has 4 heteroatoms. The Morgan fingerprint density at radius 3 is 2.85 bits per heavy atom. The van der Waals surface area contributed by atoms with Gasteiger partial charge >= 0.3 is 0 Å². The Morgan fingerprint density at radius 2 is 2.25 bits per heavy atom. The first kappa shape index (κ1) is 14.8. The second-order valence-electron chi connectivity index (χ2n) is 6.00. The highest BCUT2D eigenvalue weighted by Gasteiger charge is 2.31. The van der Waals surface area contributed by atoms with Crippen LogP contribution in [0.5, 0.6) is 5.75 Å². The molecule has 4 nitrogen and oxygen atoms in total. The largest absolute Gasteiger partial charge is 0.496 e. The molecule has 1 aromatic rings. The standard InChI is InChI=1S/C16H22N2O2/c1-12-9-18(11-16(2,3)20-12)10-14-7-13(8-17)5-6-15(14)19-4/h5-7,12H,9-11H2,1-4H3. The van der Waals surface area contributed by atoms with E-state index < -0.39 is 0 Å². The number of rotatable bonds is 3. The third kappa shape index (κ3) is 3.50. The summed E-state index contributed by atoms with van der Waals surface area (Å²) < 4.78 is 11.3. The fourth-order valence-electron chi connectivity index (χ4n) is 2.92. The molecular formula is C16H22N2O2. The summed E-state index contributed by atoms with van der Waals surface area (Å²) in [7, 11) is 1.66. The van der Waals surface area contributed by atoms with E-state index in [1.165, 1.54) is 0 Å². The minimum Gasteiger partial charge on any atom is -0.496 e. The van der Waals surface area contributed by atoms with E-state index in [0.29, 0.717) is 5.56 Å². The fraction of sp³-hybridized carbons (Fsp3) is 0.562. The summed E-state index contributed by atoms with van der Waals surface area (Å²) in [5, 5.41) is 9.03. The summed E-state index contributed by atoms with van der Waals surface area (Å²) in [6, 6.07) is 7.74. The molecule has 1 fully saturated rings. The van der Waals surface area contributed by atoms with Gasteiger partial charge in [-0.05, 0) is 39.0 Å². The summed E-state index contributed by atoms with van der Waals surface area (Å²) >= 11 is 0. The highest BCUT2D eigenvalue weighted by molar-refractivity contribution is 5.42. The van der Waals surface area contributed by atoms with E-state index in [1.54, 1.807) is 13.2 Å². The number of nitrogens with zero attached hydrogens (tertiary/aromatic N) is 2. The topological polar surface area (TPSA) is 45.5 Å². The van der Waals surface area contributed by atoms with E-state index in [1.807, 2.05) is 12.1 Å². The number of ether oxygens (including phenoxy) is 2. The summed E-state index contributed by atoms with van der Waals surface area (Å²) in [6.45, 7) is 8.85. The molecule has 1 aliphatic heterocycles. The molecule has 0 aliphatic carbocycles. The lowest BCUT2D eigenvalue weighted by Gasteiger charge is -2.41. The molecule has 1 unspecified atom stereocenters. The first-order valence-electron chi connectivity index (χ1n) is 6.91. The molecule has 0 amide bonds. The molecule has 1 aliphatic rings. The van der Waals surface area contributed by atoms with Crippen LogP contribution in [0.4, 0.5) is 0 Å². The van der Waals surface area contributed by atoms with E-state index >= 15 is 0 Å². The molecule has 1 aromatic carbocycles. The third-order valence-electron chi connectivity index (χ3n) is 3.44. The van der Waals surface area contributed by atoms with Gasteiger partial charge in [-0.2, -0.15) is 5.26 Å². The number of methoxy groups -OCH3 is 1. The molecule has 0 bridgehead atoms. The summed E-state index contributed by atoms with van der Waals surface area (Å²) in [5.74, 6) is 0.834. The Bertz CT molecular complexity index is 520. The maximum Gasteiger partial charge on any atom is 0.123 e. The molecule has 20 heavy (non-hydrogen) atoms. The third-order valence-corrected chi connectivity index (χ3v) is 3.44. The maximum atomic E-state index is 9.03. The molecular weight excluding hydrogens is 252 g/mol. The van der Waals surface area contributed by atoms with Gasteiger partial charge in [0.15, 0.2) is 0 Å². The summed E-state index contributed by atoms with van der Waals surface area (Å²) in [6.07, 6.45) is 0.212. The predicted molar refractivity (Wildman–Crippen MR) is 77.6 cm³/mol. The highest BCUT2D eigenvalue weighted by Crippen LogP contribution is 2.26. The van der Waals surface area contributed by atoms with Crippen molar-refractivity contribution in [3.63, 3.8) is 0 Å². The van der Waals surface area contributed by atoms with Crippen molar-refractivity contribution in [3.8, 4) is 11.8 Å². The average molecular weight is 274 g/mol. The lowest BCUT2D eigenvalue weighted by molar-refractivity contribution is -0.130. The van der Waals surface area contributed by atoms with Crippen molar-refractivity contribution in [2.24, 2.45) is 0 Å². The Labute approximate surface area is 120 Å². The van der Waals surface area contributed by atoms with Crippen molar-refractivity contribution in [1.82, 2.24) is 4.90 Å². The average Bonchev–Trinajstić information content (AvgIpc) is 2.36. The van der Waals surface area contributed by atoms with Gasteiger partial charge in [-0.1, -0.05) is 0 Å². The van der Waals surface area contributed by atoms with Gasteiger partial charge in [-0.3, -0.25) is 4.90 Å². The smallest absolute Gasteiger partial charge is 0.123 e. The molecule has 0 N–H and O–H groups in total. The van der Waals surface area contributed by atoms with Crippen LogP contribution in [0.15, 0.2) is 18.2 Å². The van der Waals surface area contributed by atoms with Crippen LogP contribution in [-0.4, -0.2) is 36.8 Å². The molecule has 0 radical (unpaired) electrons. The van der Waals surface area contributed by atoms with Crippen LogP contribution in [0.2, 0.25) is 0 Å². The minimum absolute atomic E-state index is 0.141. The molecule has 2 rings (SSSR count). The van der Waals surface area contributed by atoms with Crippen LogP contribution >= 0.6 is 0 Å². The number of nitriles is 1. The summed E-state index contributed by atoms with van der Waals surface area (Å²) in [4.78, 5) is 2.35. The SMILES string of the molecule is COc1ccc(C#N)cc1CN1CC(C)OC(C)(C)C1. The Balaban J connectivity index is 2.19. The van der Waals surface area contributed by atoms with Gasteiger partial charge in [0.2, 0.25) is 0 Å². The first-order chi connectivity index (χ1) is 9.43. The normalized spacial score (nSPS) is 22.2. The predicted octanol–water partition coefficient (Wildman–Crippen LogP) is 2.57. The number of benzene rings is 1. The van der Waals surface area contributed by atoms with Crippen LogP contribution in [0.3, 0.4) is 0 Å². The van der Waals surface area contributed by atoms with Gasteiger partial charge in [0, 0.05) is 25.2 Å². The Hall–Kier alpha value is -1.57. The molecule has 108 valence electrons. The number of morpholine rings is 1. The summed E-state index contributed by atoms with van der Waals surface area (Å²) in [5.41, 5.74) is 1.58. The van der Waals surface area contributed by atoms with Crippen molar-refractivity contribution in [2.45, 2.75) is 39.0 Å². The van der Waals surface area contributed by atoms with Crippen molar-refractivity contribution in [1.29, 1.82) is 5.26 Å². The van der Waals surface area contributed by atoms with Crippen LogP contribution in [0, 0.1) is 11.3 Å². The Kier molecular flexibility index (Phi) is 4.32. The molecule has 1 heterocycles. The van der Waals surface area contributed by atoms with Crippen molar-refractivity contribution >= 4 is 0 Å². The quantitative estimate of drug-likeness (QED) is 0.850. The lowest BCUT2D eigenvalue weighted by atomic mass is 10.0. The van der Waals surface area contributed by atoms with E-state index in [9.17, 15) is 0 Å². The monoisotopic (exact) mass is 274 g/mol. The van der Waals surface area contributed by atoms with Gasteiger partial charge < -0.3 is 9.47 Å². The minimum atomic E-state index is -0.141. The molecule has 0 aromatic heterocycles. The van der Waals surface area contributed by atoms with Gasteiger partial charge in [-0.15, -0.1) is 0 Å². The van der Waals surface area contributed by atoms with Crippen molar-refractivity contribution < 1.29 is 9.47 Å². The lowest BCUT2D eigenvalue weighted by Crippen LogP contribution is -2.51. The van der Waals surface area contributed by atoms with Crippen LogP contribution in [-0.2, 0) is 11.3 Å². The van der Waals surface area contributed by atoms with E-state index in [2.05, 4.69) is 31.7 Å². The van der Waals surface area contributed by atoms with Gasteiger partial charge in [0.1, 0.15) is 5.75 Å². The van der Waals surface area contributed by atoms with Gasteiger partial charge in [0.05, 0.1) is 30.4 Å². The number of hydrogen-bond acceptors (Lipinski definition) is 4. The zero-order valence-corrected chi connectivity index (χ0v) is 12.6. The van der Waals surface area contributed by atoms with E-state index in [0.717, 1.165) is 30.9 Å². The van der Waals surface area contributed by atoms with E-state index in [4.69, 9.17) is 14.7 Å². The molecule has 0 spiro atoms. The van der Waals surface area contributed by atoms with Crippen LogP contribution < -0.4 is 4.74 Å². The van der Waals surface area contributed by atoms with Gasteiger partial charge in [-0.25, -0.2) is 0 Å². The van der Waals surface area contributed by atoms with Crippen LogP contribution in [0.1, 0.15) is 31.9 Å².